The Morgan fingerprint density at radius 1 is 0.884 bits per heavy atom. The minimum Gasteiger partial charge on any atom is -0.496 e. The van der Waals surface area contributed by atoms with Crippen molar-refractivity contribution in [1.82, 2.24) is 9.21 Å². The molecule has 1 heterocycles. The van der Waals surface area contributed by atoms with Gasteiger partial charge in [-0.1, -0.05) is 43.2 Å². The van der Waals surface area contributed by atoms with Crippen molar-refractivity contribution < 1.29 is 27.4 Å². The lowest BCUT2D eigenvalue weighted by Crippen LogP contribution is -2.49. The van der Waals surface area contributed by atoms with Crippen LogP contribution in [0.15, 0.2) is 59.5 Å². The summed E-state index contributed by atoms with van der Waals surface area (Å²) in [4.78, 5) is 14.7. The second-order valence-corrected chi connectivity index (χ2v) is 14.5. The number of fused-ring (bicyclic) bond motifs is 1. The standard InChI is InChI=1S/C34H44N2O6S/c1-34(2,3)42-33(37)35-18-16-28(17-19-35)36(43(38,39)29-15-14-25-12-8-9-13-26(25)20-29)23-30-31(40-4)21-27(22-32(30)41-5)24-10-6-7-11-24/h8-9,12-15,20-22,24,28H,6-7,10-11,16-19,23H2,1-5H3. The summed E-state index contributed by atoms with van der Waals surface area (Å²) in [5.74, 6) is 1.71. The summed E-state index contributed by atoms with van der Waals surface area (Å²) >= 11 is 0. The van der Waals surface area contributed by atoms with E-state index >= 15 is 0 Å². The van der Waals surface area contributed by atoms with E-state index in [2.05, 4.69) is 12.1 Å². The van der Waals surface area contributed by atoms with E-state index < -0.39 is 15.6 Å². The summed E-state index contributed by atoms with van der Waals surface area (Å²) in [5.41, 5.74) is 1.27. The van der Waals surface area contributed by atoms with Crippen LogP contribution in [0.1, 0.15) is 76.3 Å². The van der Waals surface area contributed by atoms with Gasteiger partial charge >= 0.3 is 6.09 Å². The summed E-state index contributed by atoms with van der Waals surface area (Å²) in [5, 5.41) is 1.84. The van der Waals surface area contributed by atoms with Gasteiger partial charge in [0.25, 0.3) is 0 Å². The third-order valence-corrected chi connectivity index (χ3v) is 10.5. The molecule has 0 unspecified atom stereocenters. The molecule has 5 rings (SSSR count). The van der Waals surface area contributed by atoms with Gasteiger partial charge in [0.05, 0.1) is 24.7 Å². The highest BCUT2D eigenvalue weighted by Crippen LogP contribution is 2.41. The largest absolute Gasteiger partial charge is 0.496 e. The highest BCUT2D eigenvalue weighted by molar-refractivity contribution is 7.89. The third kappa shape index (κ3) is 6.93. The molecule has 9 heteroatoms. The first-order valence-electron chi connectivity index (χ1n) is 15.2. The Hall–Kier alpha value is -3.30. The van der Waals surface area contributed by atoms with E-state index in [1.807, 2.05) is 51.1 Å². The first-order valence-corrected chi connectivity index (χ1v) is 16.7. The van der Waals surface area contributed by atoms with Crippen molar-refractivity contribution in [3.63, 3.8) is 0 Å². The Bertz CT molecular complexity index is 1530. The SMILES string of the molecule is COc1cc(C2CCCC2)cc(OC)c1CN(C1CCN(C(=O)OC(C)(C)C)CC1)S(=O)(=O)c1ccc2ccccc2c1. The molecule has 1 saturated carbocycles. The molecule has 232 valence electrons. The van der Waals surface area contributed by atoms with Crippen molar-refractivity contribution in [1.29, 1.82) is 0 Å². The summed E-state index contributed by atoms with van der Waals surface area (Å²) in [6.07, 6.45) is 5.26. The van der Waals surface area contributed by atoms with Gasteiger partial charge in [0.2, 0.25) is 10.0 Å². The van der Waals surface area contributed by atoms with Crippen molar-refractivity contribution in [3.05, 3.63) is 65.7 Å². The topological polar surface area (TPSA) is 85.4 Å². The predicted octanol–water partition coefficient (Wildman–Crippen LogP) is 7.11. The first kappa shape index (κ1) is 31.1. The molecule has 3 aromatic carbocycles. The molecule has 2 fully saturated rings. The van der Waals surface area contributed by atoms with Crippen LogP contribution in [0.4, 0.5) is 4.79 Å². The molecule has 43 heavy (non-hydrogen) atoms. The highest BCUT2D eigenvalue weighted by Gasteiger charge is 2.37. The number of carbonyl (C=O) groups excluding carboxylic acids is 1. The smallest absolute Gasteiger partial charge is 0.410 e. The third-order valence-electron chi connectivity index (χ3n) is 8.62. The van der Waals surface area contributed by atoms with Gasteiger partial charge in [0.15, 0.2) is 0 Å². The van der Waals surface area contributed by atoms with Crippen molar-refractivity contribution in [3.8, 4) is 11.5 Å². The second-order valence-electron chi connectivity index (χ2n) is 12.6. The van der Waals surface area contributed by atoms with E-state index in [0.29, 0.717) is 48.9 Å². The molecule has 1 amide bonds. The van der Waals surface area contributed by atoms with E-state index in [-0.39, 0.29) is 23.6 Å². The Balaban J connectivity index is 1.51. The molecule has 0 N–H and O–H groups in total. The quantitative estimate of drug-likeness (QED) is 0.271. The molecule has 2 aliphatic rings. The minimum absolute atomic E-state index is 0.0869. The van der Waals surface area contributed by atoms with Gasteiger partial charge in [-0.3, -0.25) is 0 Å². The molecule has 1 aliphatic heterocycles. The molecule has 3 aromatic rings. The zero-order valence-electron chi connectivity index (χ0n) is 26.0. The summed E-state index contributed by atoms with van der Waals surface area (Å²) in [6, 6.07) is 16.8. The van der Waals surface area contributed by atoms with E-state index in [1.165, 1.54) is 18.4 Å². The maximum atomic E-state index is 14.5. The van der Waals surface area contributed by atoms with Gasteiger partial charge in [0, 0.05) is 25.7 Å². The number of rotatable bonds is 8. The predicted molar refractivity (Wildman–Crippen MR) is 168 cm³/mol. The van der Waals surface area contributed by atoms with Crippen molar-refractivity contribution in [2.45, 2.75) is 88.3 Å². The fourth-order valence-electron chi connectivity index (χ4n) is 6.35. The van der Waals surface area contributed by atoms with E-state index in [1.54, 1.807) is 35.6 Å². The van der Waals surface area contributed by atoms with Crippen molar-refractivity contribution >= 4 is 26.9 Å². The number of benzene rings is 3. The number of likely N-dealkylation sites (tertiary alicyclic amines) is 1. The molecular formula is C34H44N2O6S. The Morgan fingerprint density at radius 2 is 1.49 bits per heavy atom. The van der Waals surface area contributed by atoms with Gasteiger partial charge < -0.3 is 19.1 Å². The van der Waals surface area contributed by atoms with E-state index in [9.17, 15) is 13.2 Å². The Morgan fingerprint density at radius 3 is 2.07 bits per heavy atom. The molecule has 1 aliphatic carbocycles. The summed E-state index contributed by atoms with van der Waals surface area (Å²) in [7, 11) is -0.699. The molecule has 0 atom stereocenters. The molecule has 0 aromatic heterocycles. The normalized spacial score (nSPS) is 17.0. The number of piperidine rings is 1. The van der Waals surface area contributed by atoms with Gasteiger partial charge in [-0.25, -0.2) is 13.2 Å². The number of hydrogen-bond donors (Lipinski definition) is 0. The van der Waals surface area contributed by atoms with E-state index in [4.69, 9.17) is 14.2 Å². The maximum Gasteiger partial charge on any atom is 0.410 e. The van der Waals surface area contributed by atoms with Gasteiger partial charge in [-0.05, 0) is 93.0 Å². The molecule has 0 spiro atoms. The Labute approximate surface area is 256 Å². The van der Waals surface area contributed by atoms with Crippen LogP contribution in [0, 0.1) is 0 Å². The number of hydrogen-bond acceptors (Lipinski definition) is 6. The van der Waals surface area contributed by atoms with Crippen LogP contribution >= 0.6 is 0 Å². The van der Waals surface area contributed by atoms with Crippen LogP contribution in [0.3, 0.4) is 0 Å². The van der Waals surface area contributed by atoms with Crippen LogP contribution in [-0.2, 0) is 21.3 Å². The average molecular weight is 609 g/mol. The summed E-state index contributed by atoms with van der Waals surface area (Å²) in [6.45, 7) is 6.41. The number of amides is 1. The zero-order valence-corrected chi connectivity index (χ0v) is 26.8. The van der Waals surface area contributed by atoms with E-state index in [0.717, 1.165) is 23.6 Å². The van der Waals surface area contributed by atoms with Crippen LogP contribution in [0.2, 0.25) is 0 Å². The van der Waals surface area contributed by atoms with Crippen molar-refractivity contribution in [2.24, 2.45) is 0 Å². The number of sulfonamides is 1. The second kappa shape index (κ2) is 12.7. The average Bonchev–Trinajstić information content (AvgIpc) is 3.54. The first-order chi connectivity index (χ1) is 20.5. The molecule has 0 radical (unpaired) electrons. The van der Waals surface area contributed by atoms with Gasteiger partial charge in [-0.15, -0.1) is 0 Å². The number of carbonyl (C=O) groups is 1. The van der Waals surface area contributed by atoms with Crippen LogP contribution in [0.25, 0.3) is 10.8 Å². The van der Waals surface area contributed by atoms with Crippen LogP contribution in [-0.4, -0.2) is 62.7 Å². The van der Waals surface area contributed by atoms with Crippen molar-refractivity contribution in [2.75, 3.05) is 27.3 Å². The lowest BCUT2D eigenvalue weighted by Gasteiger charge is -2.38. The molecular weight excluding hydrogens is 564 g/mol. The molecule has 1 saturated heterocycles. The minimum atomic E-state index is -3.95. The fraction of sp³-hybridized carbons (Fsp3) is 0.500. The Kier molecular flexibility index (Phi) is 9.23. The number of nitrogens with zero attached hydrogens (tertiary/aromatic N) is 2. The van der Waals surface area contributed by atoms with Gasteiger partial charge in [0.1, 0.15) is 17.1 Å². The monoisotopic (exact) mass is 608 g/mol. The number of ether oxygens (including phenoxy) is 3. The zero-order chi connectivity index (χ0) is 30.8. The lowest BCUT2D eigenvalue weighted by atomic mass is 9.95. The maximum absolute atomic E-state index is 14.5. The van der Waals surface area contributed by atoms with Gasteiger partial charge in [-0.2, -0.15) is 4.31 Å². The summed E-state index contributed by atoms with van der Waals surface area (Å²) < 4.78 is 47.9. The highest BCUT2D eigenvalue weighted by atomic mass is 32.2. The van der Waals surface area contributed by atoms with Crippen LogP contribution < -0.4 is 9.47 Å². The molecule has 8 nitrogen and oxygen atoms in total. The molecule has 0 bridgehead atoms. The fourth-order valence-corrected chi connectivity index (χ4v) is 8.04. The number of methoxy groups -OCH3 is 2. The van der Waals surface area contributed by atoms with Crippen LogP contribution in [0.5, 0.6) is 11.5 Å². The lowest BCUT2D eigenvalue weighted by molar-refractivity contribution is 0.0176.